The third kappa shape index (κ3) is 4.25. The number of aromatic nitrogens is 2. The van der Waals surface area contributed by atoms with Gasteiger partial charge in [-0.25, -0.2) is 0 Å². The van der Waals surface area contributed by atoms with E-state index in [1.54, 1.807) is 0 Å². The van der Waals surface area contributed by atoms with Crippen molar-refractivity contribution in [2.24, 2.45) is 5.92 Å². The van der Waals surface area contributed by atoms with Gasteiger partial charge in [0.2, 0.25) is 0 Å². The molecule has 1 aliphatic carbocycles. The zero-order valence-electron chi connectivity index (χ0n) is 14.4. The summed E-state index contributed by atoms with van der Waals surface area (Å²) in [6.07, 6.45) is 11.6. The average Bonchev–Trinajstić information content (AvgIpc) is 3.02. The van der Waals surface area contributed by atoms with Crippen LogP contribution in [0.4, 0.5) is 0 Å². The Kier molecular flexibility index (Phi) is 5.34. The summed E-state index contributed by atoms with van der Waals surface area (Å²) in [6.45, 7) is 3.10. The van der Waals surface area contributed by atoms with Crippen molar-refractivity contribution in [3.05, 3.63) is 41.7 Å². The van der Waals surface area contributed by atoms with Gasteiger partial charge in [-0.2, -0.15) is 5.10 Å². The second-order valence-corrected chi connectivity index (χ2v) is 7.00. The Balaban J connectivity index is 1.68. The summed E-state index contributed by atoms with van der Waals surface area (Å²) in [7, 11) is 0. The second kappa shape index (κ2) is 7.65. The van der Waals surface area contributed by atoms with E-state index < -0.39 is 5.97 Å². The Morgan fingerprint density at radius 3 is 2.79 bits per heavy atom. The molecule has 0 bridgehead atoms. The molecule has 0 amide bonds. The number of carbonyl (C=O) groups is 1. The molecule has 0 aliphatic heterocycles. The van der Waals surface area contributed by atoms with Crippen LogP contribution in [0.25, 0.3) is 11.1 Å². The molecule has 0 spiro atoms. The Morgan fingerprint density at radius 1 is 1.29 bits per heavy atom. The van der Waals surface area contributed by atoms with E-state index in [2.05, 4.69) is 35.0 Å². The summed E-state index contributed by atoms with van der Waals surface area (Å²) in [5.41, 5.74) is 4.58. The minimum absolute atomic E-state index is 0.179. The van der Waals surface area contributed by atoms with Crippen LogP contribution in [0.5, 0.6) is 0 Å². The van der Waals surface area contributed by atoms with Crippen LogP contribution in [0.1, 0.15) is 49.7 Å². The fraction of sp³-hybridized carbons (Fsp3) is 0.500. The zero-order valence-corrected chi connectivity index (χ0v) is 14.4. The SMILES string of the molecule is Cc1cc(CCC(=O)O)ccc1-c1cnn(CC2CCCCC2)c1. The van der Waals surface area contributed by atoms with Crippen molar-refractivity contribution in [1.29, 1.82) is 0 Å². The van der Waals surface area contributed by atoms with Crippen molar-refractivity contribution in [3.63, 3.8) is 0 Å². The van der Waals surface area contributed by atoms with Crippen molar-refractivity contribution in [2.45, 2.75) is 58.4 Å². The van der Waals surface area contributed by atoms with Crippen LogP contribution in [-0.2, 0) is 17.8 Å². The largest absolute Gasteiger partial charge is 0.481 e. The highest BCUT2D eigenvalue weighted by Crippen LogP contribution is 2.27. The normalized spacial score (nSPS) is 15.5. The van der Waals surface area contributed by atoms with Crippen LogP contribution >= 0.6 is 0 Å². The van der Waals surface area contributed by atoms with E-state index in [1.165, 1.54) is 43.2 Å². The molecule has 1 aromatic heterocycles. The van der Waals surface area contributed by atoms with E-state index in [9.17, 15) is 4.79 Å². The molecule has 3 rings (SSSR count). The van der Waals surface area contributed by atoms with Crippen LogP contribution in [0.15, 0.2) is 30.6 Å². The van der Waals surface area contributed by atoms with Crippen LogP contribution < -0.4 is 0 Å². The highest BCUT2D eigenvalue weighted by atomic mass is 16.4. The maximum Gasteiger partial charge on any atom is 0.303 e. The van der Waals surface area contributed by atoms with E-state index in [-0.39, 0.29) is 6.42 Å². The molecule has 0 atom stereocenters. The van der Waals surface area contributed by atoms with Crippen LogP contribution in [0, 0.1) is 12.8 Å². The molecule has 4 nitrogen and oxygen atoms in total. The molecular weight excluding hydrogens is 300 g/mol. The molecule has 1 aliphatic rings. The summed E-state index contributed by atoms with van der Waals surface area (Å²) < 4.78 is 2.09. The van der Waals surface area contributed by atoms with E-state index in [0.29, 0.717) is 6.42 Å². The number of hydrogen-bond donors (Lipinski definition) is 1. The Hall–Kier alpha value is -2.10. The summed E-state index contributed by atoms with van der Waals surface area (Å²) >= 11 is 0. The predicted molar refractivity (Wildman–Crippen MR) is 94.9 cm³/mol. The van der Waals surface area contributed by atoms with Crippen molar-refractivity contribution < 1.29 is 9.90 Å². The summed E-state index contributed by atoms with van der Waals surface area (Å²) in [6, 6.07) is 6.22. The topological polar surface area (TPSA) is 55.1 Å². The summed E-state index contributed by atoms with van der Waals surface area (Å²) in [5.74, 6) is 0.0201. The monoisotopic (exact) mass is 326 g/mol. The molecular formula is C20H26N2O2. The molecule has 128 valence electrons. The van der Waals surface area contributed by atoms with E-state index >= 15 is 0 Å². The second-order valence-electron chi connectivity index (χ2n) is 7.00. The number of aliphatic carboxylic acids is 1. The van der Waals surface area contributed by atoms with Crippen molar-refractivity contribution in [2.75, 3.05) is 0 Å². The van der Waals surface area contributed by atoms with Crippen molar-refractivity contribution in [3.8, 4) is 11.1 Å². The van der Waals surface area contributed by atoms with Gasteiger partial charge in [-0.05, 0) is 48.8 Å². The van der Waals surface area contributed by atoms with Gasteiger partial charge >= 0.3 is 5.97 Å². The standard InChI is InChI=1S/C20H26N2O2/c1-15-11-16(8-10-20(23)24)7-9-19(15)18-12-21-22(14-18)13-17-5-3-2-4-6-17/h7,9,11-12,14,17H,2-6,8,10,13H2,1H3,(H,23,24). The van der Waals surface area contributed by atoms with E-state index in [0.717, 1.165) is 23.6 Å². The quantitative estimate of drug-likeness (QED) is 0.853. The lowest BCUT2D eigenvalue weighted by Gasteiger charge is -2.21. The predicted octanol–water partition coefficient (Wildman–Crippen LogP) is 4.46. The smallest absolute Gasteiger partial charge is 0.303 e. The van der Waals surface area contributed by atoms with Gasteiger partial charge < -0.3 is 5.11 Å². The minimum atomic E-state index is -0.749. The van der Waals surface area contributed by atoms with Crippen LogP contribution in [-0.4, -0.2) is 20.9 Å². The minimum Gasteiger partial charge on any atom is -0.481 e. The van der Waals surface area contributed by atoms with Gasteiger partial charge in [-0.1, -0.05) is 37.5 Å². The number of nitrogens with zero attached hydrogens (tertiary/aromatic N) is 2. The van der Waals surface area contributed by atoms with Gasteiger partial charge in [-0.15, -0.1) is 0 Å². The number of benzene rings is 1. The van der Waals surface area contributed by atoms with Crippen LogP contribution in [0.2, 0.25) is 0 Å². The Morgan fingerprint density at radius 2 is 2.08 bits per heavy atom. The maximum absolute atomic E-state index is 10.7. The molecule has 2 aromatic rings. The van der Waals surface area contributed by atoms with Gasteiger partial charge in [0.05, 0.1) is 6.20 Å². The molecule has 0 unspecified atom stereocenters. The van der Waals surface area contributed by atoms with Gasteiger partial charge in [0, 0.05) is 24.7 Å². The first-order valence-electron chi connectivity index (χ1n) is 8.96. The zero-order chi connectivity index (χ0) is 16.9. The third-order valence-corrected chi connectivity index (χ3v) is 5.03. The lowest BCUT2D eigenvalue weighted by atomic mass is 9.89. The first-order valence-corrected chi connectivity index (χ1v) is 8.96. The molecule has 1 aromatic carbocycles. The first-order chi connectivity index (χ1) is 11.6. The molecule has 1 saturated carbocycles. The van der Waals surface area contributed by atoms with E-state index in [1.807, 2.05) is 12.3 Å². The van der Waals surface area contributed by atoms with Gasteiger partial charge in [0.1, 0.15) is 0 Å². The fourth-order valence-corrected chi connectivity index (χ4v) is 3.69. The Labute approximate surface area is 143 Å². The maximum atomic E-state index is 10.7. The Bertz CT molecular complexity index is 699. The molecule has 1 fully saturated rings. The lowest BCUT2D eigenvalue weighted by molar-refractivity contribution is -0.136. The highest BCUT2D eigenvalue weighted by molar-refractivity contribution is 5.68. The van der Waals surface area contributed by atoms with Crippen molar-refractivity contribution in [1.82, 2.24) is 9.78 Å². The summed E-state index contributed by atoms with van der Waals surface area (Å²) in [4.78, 5) is 10.7. The average molecular weight is 326 g/mol. The fourth-order valence-electron chi connectivity index (χ4n) is 3.69. The number of rotatable bonds is 6. The molecule has 1 heterocycles. The first kappa shape index (κ1) is 16.7. The third-order valence-electron chi connectivity index (χ3n) is 5.03. The molecule has 24 heavy (non-hydrogen) atoms. The van der Waals surface area contributed by atoms with Crippen LogP contribution in [0.3, 0.4) is 0 Å². The highest BCUT2D eigenvalue weighted by Gasteiger charge is 2.15. The molecule has 1 N–H and O–H groups in total. The number of carboxylic acids is 1. The van der Waals surface area contributed by atoms with Gasteiger partial charge in [-0.3, -0.25) is 9.48 Å². The number of hydrogen-bond acceptors (Lipinski definition) is 2. The number of carboxylic acid groups (broad SMARTS) is 1. The molecule has 4 heteroatoms. The van der Waals surface area contributed by atoms with Crippen molar-refractivity contribution >= 4 is 5.97 Å². The van der Waals surface area contributed by atoms with Gasteiger partial charge in [0.15, 0.2) is 0 Å². The summed E-state index contributed by atoms with van der Waals surface area (Å²) in [5, 5.41) is 13.4. The molecule has 0 radical (unpaired) electrons. The molecule has 0 saturated heterocycles. The number of aryl methyl sites for hydroxylation is 2. The van der Waals surface area contributed by atoms with Gasteiger partial charge in [0.25, 0.3) is 0 Å². The lowest BCUT2D eigenvalue weighted by Crippen LogP contribution is -2.14. The van der Waals surface area contributed by atoms with E-state index in [4.69, 9.17) is 5.11 Å².